The highest BCUT2D eigenvalue weighted by Crippen LogP contribution is 2.17. The third-order valence-corrected chi connectivity index (χ3v) is 5.19. The first-order valence-corrected chi connectivity index (χ1v) is 8.19. The molecule has 0 nitrogen and oxygen atoms in total. The normalized spacial score (nSPS) is 12.7. The Balaban J connectivity index is 3.62. The number of allylic oxidation sites excluding steroid dienone is 2. The lowest BCUT2D eigenvalue weighted by molar-refractivity contribution is 1.04. The zero-order valence-electron chi connectivity index (χ0n) is 8.48. The van der Waals surface area contributed by atoms with Crippen molar-refractivity contribution >= 4 is 8.07 Å². The van der Waals surface area contributed by atoms with Gasteiger partial charge in [-0.3, -0.25) is 0 Å². The molecule has 0 N–H and O–H groups in total. The van der Waals surface area contributed by atoms with Crippen molar-refractivity contribution in [2.45, 2.75) is 51.9 Å². The van der Waals surface area contributed by atoms with E-state index in [1.165, 1.54) is 24.9 Å². The topological polar surface area (TPSA) is 0 Å². The average molecular weight is 170 g/mol. The van der Waals surface area contributed by atoms with Crippen LogP contribution in [0, 0.1) is 0 Å². The molecule has 0 amide bonds. The Morgan fingerprint density at radius 3 is 2.18 bits per heavy atom. The molecule has 11 heavy (non-hydrogen) atoms. The quantitative estimate of drug-likeness (QED) is 0.431. The molecule has 0 heterocycles. The third kappa shape index (κ3) is 6.36. The van der Waals surface area contributed by atoms with E-state index in [0.29, 0.717) is 0 Å². The van der Waals surface area contributed by atoms with E-state index in [2.05, 4.69) is 39.1 Å². The molecule has 0 aromatic carbocycles. The lowest BCUT2D eigenvalue weighted by Crippen LogP contribution is -2.23. The average Bonchev–Trinajstić information content (AvgIpc) is 1.87. The van der Waals surface area contributed by atoms with Crippen LogP contribution in [0.2, 0.25) is 25.2 Å². The van der Waals surface area contributed by atoms with Crippen molar-refractivity contribution in [2.75, 3.05) is 0 Å². The van der Waals surface area contributed by atoms with E-state index in [1.807, 2.05) is 0 Å². The van der Waals surface area contributed by atoms with Crippen LogP contribution in [-0.2, 0) is 0 Å². The summed E-state index contributed by atoms with van der Waals surface area (Å²) in [5.74, 6) is 0. The van der Waals surface area contributed by atoms with Gasteiger partial charge in [0.15, 0.2) is 0 Å². The molecule has 0 aromatic rings. The number of rotatable bonds is 5. The molecule has 0 aromatic heterocycles. The van der Waals surface area contributed by atoms with E-state index >= 15 is 0 Å². The highest BCUT2D eigenvalue weighted by Gasteiger charge is 2.16. The maximum absolute atomic E-state index is 2.48. The first-order valence-electron chi connectivity index (χ1n) is 4.77. The first kappa shape index (κ1) is 11.0. The third-order valence-electron chi connectivity index (χ3n) is 2.00. The van der Waals surface area contributed by atoms with Crippen LogP contribution in [0.5, 0.6) is 0 Å². The lowest BCUT2D eigenvalue weighted by Gasteiger charge is -2.18. The number of hydrogen-bond acceptors (Lipinski definition) is 0. The van der Waals surface area contributed by atoms with Crippen molar-refractivity contribution in [3.05, 3.63) is 12.2 Å². The molecular weight excluding hydrogens is 148 g/mol. The summed E-state index contributed by atoms with van der Waals surface area (Å²) in [5.41, 5.74) is 0. The molecule has 0 aliphatic rings. The molecule has 0 radical (unpaired) electrons. The van der Waals surface area contributed by atoms with Gasteiger partial charge in [0.1, 0.15) is 0 Å². The fourth-order valence-corrected chi connectivity index (χ4v) is 3.71. The second kappa shape index (κ2) is 5.59. The molecule has 1 heteroatoms. The van der Waals surface area contributed by atoms with Crippen LogP contribution >= 0.6 is 0 Å². The Hall–Kier alpha value is -0.0431. The molecule has 0 saturated carbocycles. The van der Waals surface area contributed by atoms with Crippen LogP contribution in [0.15, 0.2) is 12.2 Å². The van der Waals surface area contributed by atoms with Gasteiger partial charge < -0.3 is 0 Å². The fourth-order valence-electron chi connectivity index (χ4n) is 1.35. The maximum atomic E-state index is 2.48. The van der Waals surface area contributed by atoms with Gasteiger partial charge in [0, 0.05) is 0 Å². The van der Waals surface area contributed by atoms with Gasteiger partial charge in [-0.2, -0.15) is 0 Å². The molecule has 0 fully saturated rings. The smallest absolute Gasteiger partial charge is 0.0511 e. The zero-order valence-corrected chi connectivity index (χ0v) is 9.48. The van der Waals surface area contributed by atoms with E-state index in [4.69, 9.17) is 0 Å². The molecule has 0 unspecified atom stereocenters. The molecule has 0 rings (SSSR count). The van der Waals surface area contributed by atoms with Gasteiger partial charge in [0.05, 0.1) is 8.07 Å². The van der Waals surface area contributed by atoms with E-state index in [0.717, 1.165) is 0 Å². The van der Waals surface area contributed by atoms with Gasteiger partial charge in [-0.05, 0) is 12.5 Å². The number of hydrogen-bond donors (Lipinski definition) is 0. The molecule has 0 saturated heterocycles. The Morgan fingerprint density at radius 1 is 1.09 bits per heavy atom. The fraction of sp³-hybridized carbons (Fsp3) is 0.800. The molecule has 66 valence electrons. The summed E-state index contributed by atoms with van der Waals surface area (Å²) < 4.78 is 0. The van der Waals surface area contributed by atoms with E-state index in [-0.39, 0.29) is 0 Å². The Kier molecular flexibility index (Phi) is 5.57. The second-order valence-corrected chi connectivity index (χ2v) is 9.23. The minimum atomic E-state index is -0.827. The largest absolute Gasteiger partial charge is 0.0912 e. The van der Waals surface area contributed by atoms with Gasteiger partial charge in [0.25, 0.3) is 0 Å². The molecule has 0 spiro atoms. The minimum Gasteiger partial charge on any atom is -0.0912 e. The molecule has 0 bridgehead atoms. The SMILES string of the molecule is CC/C=C/C[Si](C)(C)CCC. The van der Waals surface area contributed by atoms with Crippen LogP contribution in [0.3, 0.4) is 0 Å². The van der Waals surface area contributed by atoms with Crippen molar-refractivity contribution in [3.8, 4) is 0 Å². The molecule has 0 aliphatic heterocycles. The van der Waals surface area contributed by atoms with Crippen molar-refractivity contribution < 1.29 is 0 Å². The van der Waals surface area contributed by atoms with Crippen LogP contribution < -0.4 is 0 Å². The summed E-state index contributed by atoms with van der Waals surface area (Å²) in [4.78, 5) is 0. The molecule has 0 atom stereocenters. The highest BCUT2D eigenvalue weighted by molar-refractivity contribution is 6.77. The van der Waals surface area contributed by atoms with Gasteiger partial charge in [-0.1, -0.05) is 51.6 Å². The van der Waals surface area contributed by atoms with Crippen LogP contribution in [0.25, 0.3) is 0 Å². The maximum Gasteiger partial charge on any atom is 0.0511 e. The Morgan fingerprint density at radius 2 is 1.73 bits per heavy atom. The van der Waals surface area contributed by atoms with Crippen LogP contribution in [-0.4, -0.2) is 8.07 Å². The first-order chi connectivity index (χ1) is 5.12. The summed E-state index contributed by atoms with van der Waals surface area (Å²) in [5, 5.41) is 0. The van der Waals surface area contributed by atoms with Crippen LogP contribution in [0.1, 0.15) is 26.7 Å². The van der Waals surface area contributed by atoms with Gasteiger partial charge in [-0.25, -0.2) is 0 Å². The monoisotopic (exact) mass is 170 g/mol. The van der Waals surface area contributed by atoms with Crippen molar-refractivity contribution in [1.82, 2.24) is 0 Å². The van der Waals surface area contributed by atoms with Gasteiger partial charge in [0.2, 0.25) is 0 Å². The predicted molar refractivity (Wildman–Crippen MR) is 56.8 cm³/mol. The molecular formula is C10H22Si. The van der Waals surface area contributed by atoms with E-state index in [9.17, 15) is 0 Å². The Bertz CT molecular complexity index is 114. The summed E-state index contributed by atoms with van der Waals surface area (Å²) >= 11 is 0. The van der Waals surface area contributed by atoms with Crippen molar-refractivity contribution in [3.63, 3.8) is 0 Å². The van der Waals surface area contributed by atoms with E-state index in [1.54, 1.807) is 0 Å². The summed E-state index contributed by atoms with van der Waals surface area (Å²) in [7, 11) is -0.827. The summed E-state index contributed by atoms with van der Waals surface area (Å²) in [6.07, 6.45) is 7.22. The lowest BCUT2D eigenvalue weighted by atomic mass is 10.4. The van der Waals surface area contributed by atoms with Crippen molar-refractivity contribution in [1.29, 1.82) is 0 Å². The summed E-state index contributed by atoms with van der Waals surface area (Å²) in [6, 6.07) is 2.84. The second-order valence-electron chi connectivity index (χ2n) is 4.00. The predicted octanol–water partition coefficient (Wildman–Crippen LogP) is 4.07. The standard InChI is InChI=1S/C10H22Si/c1-5-7-8-10-11(3,4)9-6-2/h7-8H,5-6,9-10H2,1-4H3/b8-7+. The van der Waals surface area contributed by atoms with Gasteiger partial charge in [-0.15, -0.1) is 0 Å². The summed E-state index contributed by atoms with van der Waals surface area (Å²) in [6.45, 7) is 9.45. The Labute approximate surface area is 72.7 Å². The highest BCUT2D eigenvalue weighted by atomic mass is 28.3. The van der Waals surface area contributed by atoms with Gasteiger partial charge >= 0.3 is 0 Å². The van der Waals surface area contributed by atoms with Crippen LogP contribution in [0.4, 0.5) is 0 Å². The molecule has 0 aliphatic carbocycles. The van der Waals surface area contributed by atoms with E-state index < -0.39 is 8.07 Å². The van der Waals surface area contributed by atoms with Crippen molar-refractivity contribution in [2.24, 2.45) is 0 Å². The minimum absolute atomic E-state index is 0.827. The zero-order chi connectivity index (χ0) is 8.74.